The minimum atomic E-state index is -0.484. The lowest BCUT2D eigenvalue weighted by atomic mass is 10.1. The molecule has 1 saturated heterocycles. The molecule has 2 aromatic rings. The van der Waals surface area contributed by atoms with E-state index in [0.717, 1.165) is 12.1 Å². The van der Waals surface area contributed by atoms with Gasteiger partial charge >= 0.3 is 5.97 Å². The van der Waals surface area contributed by atoms with E-state index in [-0.39, 0.29) is 18.7 Å². The van der Waals surface area contributed by atoms with Crippen molar-refractivity contribution in [3.05, 3.63) is 58.4 Å². The van der Waals surface area contributed by atoms with Crippen LogP contribution in [-0.2, 0) is 20.9 Å². The van der Waals surface area contributed by atoms with Gasteiger partial charge in [0, 0.05) is 25.2 Å². The Bertz CT molecular complexity index is 942. The number of esters is 1. The van der Waals surface area contributed by atoms with Gasteiger partial charge in [0.2, 0.25) is 0 Å². The zero-order valence-electron chi connectivity index (χ0n) is 19.5. The smallest absolute Gasteiger partial charge is 0.307 e. The summed E-state index contributed by atoms with van der Waals surface area (Å²) in [5.41, 5.74) is 0.745. The second-order valence-corrected chi connectivity index (χ2v) is 9.30. The molecule has 3 rings (SSSR count). The van der Waals surface area contributed by atoms with Gasteiger partial charge in [-0.15, -0.1) is 0 Å². The van der Waals surface area contributed by atoms with Crippen molar-refractivity contribution in [2.24, 2.45) is 0 Å². The molecule has 6 nitrogen and oxygen atoms in total. The molecule has 8 heteroatoms. The van der Waals surface area contributed by atoms with Crippen LogP contribution in [0.15, 0.2) is 36.4 Å². The predicted octanol–water partition coefficient (Wildman–Crippen LogP) is 5.17. The molecule has 1 heterocycles. The van der Waals surface area contributed by atoms with Crippen LogP contribution in [0, 0.1) is 5.82 Å². The zero-order valence-corrected chi connectivity index (χ0v) is 20.3. The summed E-state index contributed by atoms with van der Waals surface area (Å²) in [4.78, 5) is 14.2. The van der Waals surface area contributed by atoms with Crippen LogP contribution in [0.1, 0.15) is 44.4 Å². The molecule has 1 aliphatic rings. The maximum Gasteiger partial charge on any atom is 0.307 e. The first-order chi connectivity index (χ1) is 15.7. The molecule has 0 saturated carbocycles. The second-order valence-electron chi connectivity index (χ2n) is 8.90. The van der Waals surface area contributed by atoms with Crippen LogP contribution in [0.5, 0.6) is 11.5 Å². The highest BCUT2D eigenvalue weighted by Gasteiger charge is 2.24. The van der Waals surface area contributed by atoms with Gasteiger partial charge in [-0.3, -0.25) is 9.69 Å². The minimum absolute atomic E-state index is 0.0143. The number of benzene rings is 2. The monoisotopic (exact) mass is 479 g/mol. The average molecular weight is 480 g/mol. The third kappa shape index (κ3) is 7.32. The lowest BCUT2D eigenvalue weighted by Crippen LogP contribution is -2.40. The molecule has 1 atom stereocenters. The van der Waals surface area contributed by atoms with Gasteiger partial charge in [-0.2, -0.15) is 0 Å². The topological polar surface area (TPSA) is 57.2 Å². The minimum Gasteiger partial charge on any atom is -0.493 e. The molecule has 0 bridgehead atoms. The normalized spacial score (nSPS) is 17.0. The van der Waals surface area contributed by atoms with E-state index in [9.17, 15) is 9.18 Å². The van der Waals surface area contributed by atoms with Crippen molar-refractivity contribution < 1.29 is 28.1 Å². The Morgan fingerprint density at radius 3 is 2.73 bits per heavy atom. The molecule has 180 valence electrons. The van der Waals surface area contributed by atoms with Gasteiger partial charge < -0.3 is 18.9 Å². The van der Waals surface area contributed by atoms with Crippen molar-refractivity contribution in [3.63, 3.8) is 0 Å². The molecular weight excluding hydrogens is 449 g/mol. The first kappa shape index (κ1) is 25.3. The third-order valence-electron chi connectivity index (χ3n) is 5.20. The summed E-state index contributed by atoms with van der Waals surface area (Å²) in [5, 5.41) is 0.313. The molecular formula is C25H31ClFNO5. The SMILES string of the molecule is COc1cc(C2CN(CCC(=O)OC(C)(C)C)CCO2)ccc1OCc1c(F)cccc1Cl. The Balaban J connectivity index is 1.61. The lowest BCUT2D eigenvalue weighted by molar-refractivity contribution is -0.155. The Hall–Kier alpha value is -2.35. The van der Waals surface area contributed by atoms with Crippen LogP contribution >= 0.6 is 11.6 Å². The van der Waals surface area contributed by atoms with Crippen LogP contribution in [0.4, 0.5) is 4.39 Å². The van der Waals surface area contributed by atoms with Gasteiger partial charge in [0.1, 0.15) is 18.0 Å². The fraction of sp³-hybridized carbons (Fsp3) is 0.480. The molecule has 0 radical (unpaired) electrons. The fourth-order valence-corrected chi connectivity index (χ4v) is 3.79. The van der Waals surface area contributed by atoms with E-state index in [1.54, 1.807) is 25.3 Å². The van der Waals surface area contributed by atoms with Crippen molar-refractivity contribution in [1.29, 1.82) is 0 Å². The summed E-state index contributed by atoms with van der Waals surface area (Å²) in [7, 11) is 1.55. The second kappa shape index (κ2) is 11.2. The molecule has 2 aromatic carbocycles. The number of carbonyl (C=O) groups excluding carboxylic acids is 1. The summed E-state index contributed by atoms with van der Waals surface area (Å²) < 4.78 is 36.7. The quantitative estimate of drug-likeness (QED) is 0.487. The van der Waals surface area contributed by atoms with E-state index >= 15 is 0 Å². The fourth-order valence-electron chi connectivity index (χ4n) is 3.57. The maximum absolute atomic E-state index is 14.0. The van der Waals surface area contributed by atoms with E-state index in [2.05, 4.69) is 4.90 Å². The number of carbonyl (C=O) groups is 1. The number of methoxy groups -OCH3 is 1. The van der Waals surface area contributed by atoms with Crippen molar-refractivity contribution >= 4 is 17.6 Å². The van der Waals surface area contributed by atoms with Gasteiger partial charge in [0.25, 0.3) is 0 Å². The van der Waals surface area contributed by atoms with Crippen molar-refractivity contribution in [2.75, 3.05) is 33.4 Å². The maximum atomic E-state index is 14.0. The number of hydrogen-bond acceptors (Lipinski definition) is 6. The van der Waals surface area contributed by atoms with Crippen LogP contribution in [0.3, 0.4) is 0 Å². The highest BCUT2D eigenvalue weighted by Crippen LogP contribution is 2.34. The van der Waals surface area contributed by atoms with Crippen LogP contribution in [-0.4, -0.2) is 49.8 Å². The number of hydrogen-bond donors (Lipinski definition) is 0. The van der Waals surface area contributed by atoms with Gasteiger partial charge in [0.05, 0.1) is 31.3 Å². The number of nitrogens with zero attached hydrogens (tertiary/aromatic N) is 1. The first-order valence-electron chi connectivity index (χ1n) is 11.0. The van der Waals surface area contributed by atoms with E-state index in [4.69, 9.17) is 30.5 Å². The molecule has 1 aliphatic heterocycles. The number of morpholine rings is 1. The van der Waals surface area contributed by atoms with Gasteiger partial charge in [-0.25, -0.2) is 4.39 Å². The summed E-state index contributed by atoms with van der Waals surface area (Å²) in [6.45, 7) is 8.14. The number of halogens is 2. The standard InChI is InChI=1S/C25H31ClFNO5/c1-25(2,3)33-24(29)10-11-28-12-13-31-23(15-28)17-8-9-21(22(14-17)30-4)32-16-18-19(26)6-5-7-20(18)27/h5-9,14,23H,10-13,15-16H2,1-4H3. The molecule has 0 N–H and O–H groups in total. The van der Waals surface area contributed by atoms with E-state index in [1.165, 1.54) is 6.07 Å². The lowest BCUT2D eigenvalue weighted by Gasteiger charge is -2.33. The molecule has 0 aliphatic carbocycles. The average Bonchev–Trinajstić information content (AvgIpc) is 2.76. The molecule has 1 unspecified atom stereocenters. The molecule has 1 fully saturated rings. The predicted molar refractivity (Wildman–Crippen MR) is 124 cm³/mol. The first-order valence-corrected chi connectivity index (χ1v) is 11.3. The van der Waals surface area contributed by atoms with Crippen LogP contribution in [0.25, 0.3) is 0 Å². The summed E-state index contributed by atoms with van der Waals surface area (Å²) in [5.74, 6) is 0.386. The Morgan fingerprint density at radius 1 is 1.24 bits per heavy atom. The molecule has 0 amide bonds. The zero-order chi connectivity index (χ0) is 24.0. The van der Waals surface area contributed by atoms with Gasteiger partial charge in [0.15, 0.2) is 11.5 Å². The summed E-state index contributed by atoms with van der Waals surface area (Å²) >= 11 is 6.09. The van der Waals surface area contributed by atoms with Gasteiger partial charge in [-0.05, 0) is 50.6 Å². The van der Waals surface area contributed by atoms with Crippen molar-refractivity contribution in [2.45, 2.75) is 45.5 Å². The summed E-state index contributed by atoms with van der Waals surface area (Å²) in [6.07, 6.45) is 0.167. The summed E-state index contributed by atoms with van der Waals surface area (Å²) in [6, 6.07) is 10.1. The number of ether oxygens (including phenoxy) is 4. The Labute approximate surface area is 199 Å². The number of rotatable bonds is 8. The van der Waals surface area contributed by atoms with Crippen molar-refractivity contribution in [1.82, 2.24) is 4.90 Å². The highest BCUT2D eigenvalue weighted by atomic mass is 35.5. The highest BCUT2D eigenvalue weighted by molar-refractivity contribution is 6.31. The van der Waals surface area contributed by atoms with Crippen LogP contribution in [0.2, 0.25) is 5.02 Å². The molecule has 33 heavy (non-hydrogen) atoms. The Kier molecular flexibility index (Phi) is 8.57. The molecule has 0 spiro atoms. The van der Waals surface area contributed by atoms with Crippen LogP contribution < -0.4 is 9.47 Å². The molecule has 0 aromatic heterocycles. The van der Waals surface area contributed by atoms with E-state index < -0.39 is 11.4 Å². The van der Waals surface area contributed by atoms with Crippen molar-refractivity contribution in [3.8, 4) is 11.5 Å². The largest absolute Gasteiger partial charge is 0.493 e. The van der Waals surface area contributed by atoms with E-state index in [0.29, 0.717) is 48.2 Å². The third-order valence-corrected chi connectivity index (χ3v) is 5.55. The van der Waals surface area contributed by atoms with E-state index in [1.807, 2.05) is 32.9 Å². The Morgan fingerprint density at radius 2 is 2.03 bits per heavy atom. The van der Waals surface area contributed by atoms with Gasteiger partial charge in [-0.1, -0.05) is 23.7 Å².